The summed E-state index contributed by atoms with van der Waals surface area (Å²) in [5.74, 6) is -0.225. The molecule has 1 atom stereocenters. The molecule has 0 amide bonds. The molecule has 0 aliphatic carbocycles. The fourth-order valence-electron chi connectivity index (χ4n) is 2.21. The molecule has 100 valence electrons. The molecule has 0 spiro atoms. The van der Waals surface area contributed by atoms with Crippen LogP contribution in [0.1, 0.15) is 22.7 Å². The van der Waals surface area contributed by atoms with Crippen molar-refractivity contribution in [2.75, 3.05) is 7.05 Å². The zero-order valence-corrected chi connectivity index (χ0v) is 11.8. The first-order valence-electron chi connectivity index (χ1n) is 6.28. The minimum atomic E-state index is -0.225. The molecule has 0 heterocycles. The predicted molar refractivity (Wildman–Crippen MR) is 78.1 cm³/mol. The van der Waals surface area contributed by atoms with Gasteiger partial charge in [-0.1, -0.05) is 35.9 Å². The van der Waals surface area contributed by atoms with E-state index in [0.717, 1.165) is 6.42 Å². The highest BCUT2D eigenvalue weighted by Gasteiger charge is 2.15. The summed E-state index contributed by atoms with van der Waals surface area (Å²) in [7, 11) is 1.84. The van der Waals surface area contributed by atoms with Gasteiger partial charge in [-0.3, -0.25) is 0 Å². The summed E-state index contributed by atoms with van der Waals surface area (Å²) in [4.78, 5) is 0. The maximum absolute atomic E-state index is 13.9. The second-order valence-corrected chi connectivity index (χ2v) is 5.07. The maximum Gasteiger partial charge on any atom is 0.128 e. The third kappa shape index (κ3) is 3.34. The highest BCUT2D eigenvalue weighted by atomic mass is 35.5. The van der Waals surface area contributed by atoms with Gasteiger partial charge in [0.1, 0.15) is 5.82 Å². The quantitative estimate of drug-likeness (QED) is 0.879. The van der Waals surface area contributed by atoms with E-state index in [9.17, 15) is 4.39 Å². The van der Waals surface area contributed by atoms with Crippen LogP contribution in [0.5, 0.6) is 0 Å². The Morgan fingerprint density at radius 3 is 2.63 bits per heavy atom. The standard InChI is InChI=1S/C16H17ClFN/c1-11-5-3-4-6-12(11)9-16(19-2)14-10-13(17)7-8-15(14)18/h3-8,10,16,19H,9H2,1-2H3. The molecule has 2 rings (SSSR count). The lowest BCUT2D eigenvalue weighted by molar-refractivity contribution is 0.533. The minimum Gasteiger partial charge on any atom is -0.313 e. The monoisotopic (exact) mass is 277 g/mol. The van der Waals surface area contributed by atoms with Crippen LogP contribution in [0, 0.1) is 12.7 Å². The number of rotatable bonds is 4. The van der Waals surface area contributed by atoms with Gasteiger partial charge in [-0.2, -0.15) is 0 Å². The van der Waals surface area contributed by atoms with Gasteiger partial charge in [0, 0.05) is 16.6 Å². The Balaban J connectivity index is 2.30. The van der Waals surface area contributed by atoms with Gasteiger partial charge in [0.25, 0.3) is 0 Å². The van der Waals surface area contributed by atoms with Crippen molar-refractivity contribution in [3.05, 3.63) is 70.0 Å². The average Bonchev–Trinajstić information content (AvgIpc) is 2.41. The molecule has 0 radical (unpaired) electrons. The average molecular weight is 278 g/mol. The van der Waals surface area contributed by atoms with Crippen LogP contribution >= 0.6 is 11.6 Å². The Labute approximate surface area is 118 Å². The SMILES string of the molecule is CNC(Cc1ccccc1C)c1cc(Cl)ccc1F. The Hall–Kier alpha value is -1.38. The largest absolute Gasteiger partial charge is 0.313 e. The lowest BCUT2D eigenvalue weighted by Gasteiger charge is -2.19. The molecule has 2 aromatic carbocycles. The normalized spacial score (nSPS) is 12.4. The van der Waals surface area contributed by atoms with Gasteiger partial charge in [-0.15, -0.1) is 0 Å². The molecule has 0 saturated heterocycles. The molecule has 1 unspecified atom stereocenters. The Kier molecular flexibility index (Phi) is 4.56. The van der Waals surface area contributed by atoms with Gasteiger partial charge in [0.05, 0.1) is 0 Å². The summed E-state index contributed by atoms with van der Waals surface area (Å²) >= 11 is 5.96. The third-order valence-electron chi connectivity index (χ3n) is 3.37. The van der Waals surface area contributed by atoms with E-state index in [1.807, 2.05) is 19.2 Å². The first-order valence-corrected chi connectivity index (χ1v) is 6.66. The van der Waals surface area contributed by atoms with Gasteiger partial charge < -0.3 is 5.32 Å². The van der Waals surface area contributed by atoms with Crippen molar-refractivity contribution in [1.29, 1.82) is 0 Å². The zero-order chi connectivity index (χ0) is 13.8. The molecule has 0 aliphatic heterocycles. The summed E-state index contributed by atoms with van der Waals surface area (Å²) < 4.78 is 13.9. The number of hydrogen-bond donors (Lipinski definition) is 1. The van der Waals surface area contributed by atoms with Crippen LogP contribution in [-0.2, 0) is 6.42 Å². The van der Waals surface area contributed by atoms with E-state index in [4.69, 9.17) is 11.6 Å². The number of aryl methyl sites for hydroxylation is 1. The predicted octanol–water partition coefficient (Wildman–Crippen LogP) is 4.29. The van der Waals surface area contributed by atoms with Crippen molar-refractivity contribution >= 4 is 11.6 Å². The van der Waals surface area contributed by atoms with Gasteiger partial charge >= 0.3 is 0 Å². The van der Waals surface area contributed by atoms with Crippen molar-refractivity contribution in [2.24, 2.45) is 0 Å². The molecule has 0 bridgehead atoms. The summed E-state index contributed by atoms with van der Waals surface area (Å²) in [6.45, 7) is 2.07. The summed E-state index contributed by atoms with van der Waals surface area (Å²) in [6.07, 6.45) is 0.737. The number of likely N-dealkylation sites (N-methyl/N-ethyl adjacent to an activating group) is 1. The van der Waals surface area contributed by atoms with E-state index in [2.05, 4.69) is 24.4 Å². The van der Waals surface area contributed by atoms with Crippen LogP contribution in [0.25, 0.3) is 0 Å². The van der Waals surface area contributed by atoms with Crippen LogP contribution in [-0.4, -0.2) is 7.05 Å². The van der Waals surface area contributed by atoms with Crippen molar-refractivity contribution < 1.29 is 4.39 Å². The molecular weight excluding hydrogens is 261 g/mol. The van der Waals surface area contributed by atoms with Crippen LogP contribution in [0.2, 0.25) is 5.02 Å². The van der Waals surface area contributed by atoms with E-state index in [1.165, 1.54) is 17.2 Å². The fourth-order valence-corrected chi connectivity index (χ4v) is 2.39. The van der Waals surface area contributed by atoms with Gasteiger partial charge in [0.15, 0.2) is 0 Å². The van der Waals surface area contributed by atoms with E-state index in [-0.39, 0.29) is 11.9 Å². The van der Waals surface area contributed by atoms with Crippen molar-refractivity contribution in [1.82, 2.24) is 5.32 Å². The van der Waals surface area contributed by atoms with Crippen LogP contribution in [0.15, 0.2) is 42.5 Å². The van der Waals surface area contributed by atoms with Crippen LogP contribution in [0.3, 0.4) is 0 Å². The highest BCUT2D eigenvalue weighted by molar-refractivity contribution is 6.30. The number of nitrogens with one attached hydrogen (secondary N) is 1. The Bertz CT molecular complexity index is 568. The number of benzene rings is 2. The first kappa shape index (κ1) is 14.0. The summed E-state index contributed by atoms with van der Waals surface area (Å²) in [5, 5.41) is 3.72. The first-order chi connectivity index (χ1) is 9.11. The molecular formula is C16H17ClFN. The van der Waals surface area contributed by atoms with E-state index >= 15 is 0 Å². The Morgan fingerprint density at radius 1 is 1.21 bits per heavy atom. The molecule has 3 heteroatoms. The molecule has 19 heavy (non-hydrogen) atoms. The van der Waals surface area contributed by atoms with Crippen LogP contribution in [0.4, 0.5) is 4.39 Å². The molecule has 0 saturated carbocycles. The summed E-state index contributed by atoms with van der Waals surface area (Å²) in [6, 6.07) is 12.7. The summed E-state index contributed by atoms with van der Waals surface area (Å²) in [5.41, 5.74) is 3.03. The van der Waals surface area contributed by atoms with Crippen molar-refractivity contribution in [2.45, 2.75) is 19.4 Å². The van der Waals surface area contributed by atoms with Crippen molar-refractivity contribution in [3.8, 4) is 0 Å². The molecule has 0 aliphatic rings. The van der Waals surface area contributed by atoms with Gasteiger partial charge in [-0.05, 0) is 49.7 Å². The fraction of sp³-hybridized carbons (Fsp3) is 0.250. The topological polar surface area (TPSA) is 12.0 Å². The zero-order valence-electron chi connectivity index (χ0n) is 11.1. The molecule has 0 aromatic heterocycles. The van der Waals surface area contributed by atoms with E-state index < -0.39 is 0 Å². The molecule has 1 N–H and O–H groups in total. The Morgan fingerprint density at radius 2 is 1.95 bits per heavy atom. The van der Waals surface area contributed by atoms with Gasteiger partial charge in [-0.25, -0.2) is 4.39 Å². The smallest absolute Gasteiger partial charge is 0.128 e. The highest BCUT2D eigenvalue weighted by Crippen LogP contribution is 2.25. The maximum atomic E-state index is 13.9. The van der Waals surface area contributed by atoms with E-state index in [0.29, 0.717) is 10.6 Å². The second-order valence-electron chi connectivity index (χ2n) is 4.64. The number of hydrogen-bond acceptors (Lipinski definition) is 1. The second kappa shape index (κ2) is 6.18. The van der Waals surface area contributed by atoms with Crippen LogP contribution < -0.4 is 5.32 Å². The molecule has 0 fully saturated rings. The molecule has 1 nitrogen and oxygen atoms in total. The number of halogens is 2. The lowest BCUT2D eigenvalue weighted by Crippen LogP contribution is -2.20. The third-order valence-corrected chi connectivity index (χ3v) is 3.60. The minimum absolute atomic E-state index is 0.0835. The lowest BCUT2D eigenvalue weighted by atomic mass is 9.96. The molecule has 2 aromatic rings. The van der Waals surface area contributed by atoms with Gasteiger partial charge in [0.2, 0.25) is 0 Å². The van der Waals surface area contributed by atoms with E-state index in [1.54, 1.807) is 12.1 Å². The van der Waals surface area contributed by atoms with Crippen molar-refractivity contribution in [3.63, 3.8) is 0 Å².